The van der Waals surface area contributed by atoms with E-state index in [1.54, 1.807) is 6.08 Å². The Morgan fingerprint density at radius 3 is 2.86 bits per heavy atom. The zero-order valence-corrected chi connectivity index (χ0v) is 13.0. The van der Waals surface area contributed by atoms with Crippen LogP contribution in [0.3, 0.4) is 0 Å². The summed E-state index contributed by atoms with van der Waals surface area (Å²) in [7, 11) is -1.25. The number of hydrogen-bond donors (Lipinski definition) is 0. The summed E-state index contributed by atoms with van der Waals surface area (Å²) >= 11 is 1.45. The van der Waals surface area contributed by atoms with Crippen molar-refractivity contribution in [1.82, 2.24) is 4.57 Å². The number of aromatic nitrogens is 1. The third-order valence-corrected chi connectivity index (χ3v) is 5.95. The molecule has 0 aliphatic carbocycles. The predicted molar refractivity (Wildman–Crippen MR) is 82.4 cm³/mol. The summed E-state index contributed by atoms with van der Waals surface area (Å²) in [4.78, 5) is 16.8. The van der Waals surface area contributed by atoms with Crippen molar-refractivity contribution in [3.63, 3.8) is 0 Å². The number of carbonyl (C=O) groups excluding carboxylic acids is 1. The molecule has 1 aliphatic rings. The number of thiazole rings is 1. The molecule has 0 radical (unpaired) electrons. The van der Waals surface area contributed by atoms with Gasteiger partial charge in [-0.2, -0.15) is 4.99 Å². The second-order valence-corrected chi connectivity index (χ2v) is 7.98. The quantitative estimate of drug-likeness (QED) is 0.843. The first-order valence-corrected chi connectivity index (χ1v) is 9.01. The van der Waals surface area contributed by atoms with Gasteiger partial charge in [0.2, 0.25) is 5.91 Å². The molecule has 0 N–H and O–H groups in total. The molecule has 2 aromatic rings. The van der Waals surface area contributed by atoms with Crippen molar-refractivity contribution in [3.05, 3.63) is 40.6 Å². The minimum Gasteiger partial charge on any atom is -0.319 e. The zero-order chi connectivity index (χ0) is 15.0. The van der Waals surface area contributed by atoms with Crippen LogP contribution in [0, 0.1) is 5.92 Å². The molecule has 1 atom stereocenters. The van der Waals surface area contributed by atoms with Crippen LogP contribution in [0.1, 0.15) is 6.42 Å². The van der Waals surface area contributed by atoms with Crippen molar-refractivity contribution < 1.29 is 13.2 Å². The third-order valence-electron chi connectivity index (χ3n) is 3.38. The Bertz CT molecular complexity index is 904. The Labute approximate surface area is 126 Å². The van der Waals surface area contributed by atoms with Gasteiger partial charge in [-0.3, -0.25) is 4.79 Å². The fourth-order valence-electron chi connectivity index (χ4n) is 2.33. The number of fused-ring (bicyclic) bond motifs is 1. The lowest BCUT2D eigenvalue weighted by Gasteiger charge is -2.01. The first kappa shape index (κ1) is 14.2. The highest BCUT2D eigenvalue weighted by molar-refractivity contribution is 7.94. The minimum absolute atomic E-state index is 0.00675. The van der Waals surface area contributed by atoms with Crippen LogP contribution in [-0.2, 0) is 21.7 Å². The molecule has 2 heterocycles. The molecule has 7 heteroatoms. The number of sulfone groups is 1. The fourth-order valence-corrected chi connectivity index (χ4v) is 4.77. The van der Waals surface area contributed by atoms with Gasteiger partial charge < -0.3 is 4.57 Å². The van der Waals surface area contributed by atoms with Crippen molar-refractivity contribution in [2.45, 2.75) is 6.42 Å². The van der Waals surface area contributed by atoms with Crippen LogP contribution in [0.15, 0.2) is 40.7 Å². The van der Waals surface area contributed by atoms with E-state index < -0.39 is 9.84 Å². The lowest BCUT2D eigenvalue weighted by molar-refractivity contribution is -0.118. The molecule has 5 nitrogen and oxygen atoms in total. The molecule has 1 amide bonds. The van der Waals surface area contributed by atoms with E-state index in [-0.39, 0.29) is 24.0 Å². The summed E-state index contributed by atoms with van der Waals surface area (Å²) in [6.45, 7) is 0. The highest BCUT2D eigenvalue weighted by Gasteiger charge is 2.23. The van der Waals surface area contributed by atoms with Crippen molar-refractivity contribution in [2.75, 3.05) is 5.75 Å². The second kappa shape index (κ2) is 5.23. The normalized spacial score (nSPS) is 21.2. The van der Waals surface area contributed by atoms with E-state index >= 15 is 0 Å². The number of benzene rings is 1. The molecule has 1 aromatic carbocycles. The lowest BCUT2D eigenvalue weighted by Crippen LogP contribution is -2.15. The molecular weight excluding hydrogens is 308 g/mol. The van der Waals surface area contributed by atoms with E-state index in [0.717, 1.165) is 10.2 Å². The number of carbonyl (C=O) groups is 1. The maximum absolute atomic E-state index is 12.0. The lowest BCUT2D eigenvalue weighted by atomic mass is 10.1. The summed E-state index contributed by atoms with van der Waals surface area (Å²) in [6.07, 6.45) is 1.71. The topological polar surface area (TPSA) is 68.5 Å². The number of amides is 1. The van der Waals surface area contributed by atoms with E-state index in [1.165, 1.54) is 16.7 Å². The number of hydrogen-bond acceptors (Lipinski definition) is 4. The van der Waals surface area contributed by atoms with Crippen LogP contribution in [-0.4, -0.2) is 24.6 Å². The number of aryl methyl sites for hydroxylation is 1. The molecule has 1 aromatic heterocycles. The molecule has 0 spiro atoms. The largest absolute Gasteiger partial charge is 0.319 e. The van der Waals surface area contributed by atoms with Crippen LogP contribution in [0.4, 0.5) is 0 Å². The van der Waals surface area contributed by atoms with Gasteiger partial charge in [-0.1, -0.05) is 29.5 Å². The van der Waals surface area contributed by atoms with E-state index in [1.807, 2.05) is 35.9 Å². The van der Waals surface area contributed by atoms with Gasteiger partial charge in [-0.05, 0) is 12.1 Å². The Morgan fingerprint density at radius 1 is 1.43 bits per heavy atom. The Balaban J connectivity index is 1.85. The minimum atomic E-state index is -3.12. The average molecular weight is 322 g/mol. The van der Waals surface area contributed by atoms with Gasteiger partial charge in [0.15, 0.2) is 14.6 Å². The van der Waals surface area contributed by atoms with E-state index in [4.69, 9.17) is 0 Å². The van der Waals surface area contributed by atoms with Crippen LogP contribution in [0.5, 0.6) is 0 Å². The van der Waals surface area contributed by atoms with Gasteiger partial charge in [0.05, 0.1) is 16.0 Å². The summed E-state index contributed by atoms with van der Waals surface area (Å²) in [6, 6.07) is 7.84. The summed E-state index contributed by atoms with van der Waals surface area (Å²) < 4.78 is 25.6. The van der Waals surface area contributed by atoms with Crippen molar-refractivity contribution in [1.29, 1.82) is 0 Å². The van der Waals surface area contributed by atoms with Gasteiger partial charge in [0, 0.05) is 24.8 Å². The molecular formula is C14H14N2O3S2. The van der Waals surface area contributed by atoms with Crippen LogP contribution in [0.2, 0.25) is 0 Å². The van der Waals surface area contributed by atoms with E-state index in [2.05, 4.69) is 4.99 Å². The first-order valence-electron chi connectivity index (χ1n) is 6.48. The third kappa shape index (κ3) is 2.98. The van der Waals surface area contributed by atoms with E-state index in [9.17, 15) is 13.2 Å². The highest BCUT2D eigenvalue weighted by atomic mass is 32.2. The molecule has 3 rings (SSSR count). The van der Waals surface area contributed by atoms with Crippen LogP contribution < -0.4 is 4.80 Å². The second-order valence-electron chi connectivity index (χ2n) is 5.04. The Kier molecular flexibility index (Phi) is 3.54. The molecule has 0 bridgehead atoms. The molecule has 1 aliphatic heterocycles. The number of allylic oxidation sites excluding steroid dienone is 1. The van der Waals surface area contributed by atoms with Gasteiger partial charge in [0.1, 0.15) is 0 Å². The van der Waals surface area contributed by atoms with Gasteiger partial charge in [0.25, 0.3) is 0 Å². The maximum atomic E-state index is 12.0. The Hall–Kier alpha value is -1.73. The van der Waals surface area contributed by atoms with Crippen molar-refractivity contribution in [3.8, 4) is 0 Å². The highest BCUT2D eigenvalue weighted by Crippen LogP contribution is 2.19. The molecule has 0 saturated heterocycles. The average Bonchev–Trinajstić information content (AvgIpc) is 2.91. The molecule has 0 fully saturated rings. The zero-order valence-electron chi connectivity index (χ0n) is 11.4. The standard InChI is InChI=1S/C14H14N2O3S2/c1-16-11-4-2-3-5-12(11)20-14(16)15-13(17)8-10-6-7-21(18,19)9-10/h2-7,10H,8-9H2,1H3. The molecule has 0 saturated carbocycles. The SMILES string of the molecule is Cn1c(=NC(=O)CC2C=CS(=O)(=O)C2)sc2ccccc21. The number of para-hydroxylation sites is 1. The smallest absolute Gasteiger partial charge is 0.248 e. The van der Waals surface area contributed by atoms with Gasteiger partial charge in [-0.15, -0.1) is 0 Å². The Morgan fingerprint density at radius 2 is 2.19 bits per heavy atom. The maximum Gasteiger partial charge on any atom is 0.248 e. The first-order chi connectivity index (χ1) is 9.94. The van der Waals surface area contributed by atoms with Crippen molar-refractivity contribution in [2.24, 2.45) is 18.0 Å². The van der Waals surface area contributed by atoms with Crippen LogP contribution in [0.25, 0.3) is 10.2 Å². The summed E-state index contributed by atoms with van der Waals surface area (Å²) in [5.74, 6) is -0.540. The molecule has 1 unspecified atom stereocenters. The monoisotopic (exact) mass is 322 g/mol. The predicted octanol–water partition coefficient (Wildman–Crippen LogP) is 1.62. The summed E-state index contributed by atoms with van der Waals surface area (Å²) in [5.41, 5.74) is 1.03. The van der Waals surface area contributed by atoms with Crippen molar-refractivity contribution >= 4 is 37.3 Å². The number of rotatable bonds is 2. The fraction of sp³-hybridized carbons (Fsp3) is 0.286. The molecule has 21 heavy (non-hydrogen) atoms. The van der Waals surface area contributed by atoms with Gasteiger partial charge >= 0.3 is 0 Å². The van der Waals surface area contributed by atoms with Crippen LogP contribution >= 0.6 is 11.3 Å². The van der Waals surface area contributed by atoms with E-state index in [0.29, 0.717) is 4.80 Å². The summed E-state index contributed by atoms with van der Waals surface area (Å²) in [5, 5.41) is 1.18. The van der Waals surface area contributed by atoms with Gasteiger partial charge in [-0.25, -0.2) is 8.42 Å². The molecule has 110 valence electrons. The number of nitrogens with zero attached hydrogens (tertiary/aromatic N) is 2.